The summed E-state index contributed by atoms with van der Waals surface area (Å²) < 4.78 is 4.98. The van der Waals surface area contributed by atoms with Crippen molar-refractivity contribution in [3.63, 3.8) is 0 Å². The van der Waals surface area contributed by atoms with E-state index in [4.69, 9.17) is 9.84 Å². The average molecular weight is 336 g/mol. The van der Waals surface area contributed by atoms with Gasteiger partial charge in [-0.3, -0.25) is 0 Å². The molecule has 0 radical (unpaired) electrons. The molecule has 0 aliphatic heterocycles. The minimum absolute atomic E-state index is 0.155. The van der Waals surface area contributed by atoms with Crippen LogP contribution in [-0.2, 0) is 14.3 Å². The van der Waals surface area contributed by atoms with E-state index in [0.29, 0.717) is 5.56 Å². The van der Waals surface area contributed by atoms with Crippen LogP contribution in [0, 0.1) is 0 Å². The molecule has 0 heterocycles. The maximum absolute atomic E-state index is 11.8. The lowest BCUT2D eigenvalue weighted by Crippen LogP contribution is -2.43. The number of carboxylic acid groups (broad SMARTS) is 1. The number of benzene rings is 1. The molecule has 1 aromatic rings. The van der Waals surface area contributed by atoms with Crippen molar-refractivity contribution in [1.82, 2.24) is 0 Å². The standard InChI is InChI=1S/C16H16O8/c17-10-3-1-8(5-11(10)18)2-4-14(20)24-13-7-9(16(22)23)6-12(19)15(13)21/h1-6,12-13,15,17-19,21H,7H2,(H,22,23)/t12-,13+,15+/m1/s1. The molecule has 0 spiro atoms. The number of aliphatic carboxylic acids is 1. The van der Waals surface area contributed by atoms with Crippen molar-refractivity contribution in [3.8, 4) is 11.5 Å². The molecule has 0 aromatic heterocycles. The number of ether oxygens (including phenoxy) is 1. The van der Waals surface area contributed by atoms with E-state index >= 15 is 0 Å². The van der Waals surface area contributed by atoms with E-state index in [1.165, 1.54) is 24.3 Å². The Bertz CT molecular complexity index is 706. The lowest BCUT2D eigenvalue weighted by atomic mass is 9.92. The van der Waals surface area contributed by atoms with E-state index in [1.807, 2.05) is 0 Å². The Morgan fingerprint density at radius 2 is 1.88 bits per heavy atom. The highest BCUT2D eigenvalue weighted by Crippen LogP contribution is 2.26. The highest BCUT2D eigenvalue weighted by atomic mass is 16.6. The quantitative estimate of drug-likeness (QED) is 0.297. The maximum atomic E-state index is 11.8. The predicted molar refractivity (Wildman–Crippen MR) is 81.0 cm³/mol. The third-order valence-electron chi connectivity index (χ3n) is 3.48. The molecule has 128 valence electrons. The molecule has 24 heavy (non-hydrogen) atoms. The smallest absolute Gasteiger partial charge is 0.331 e. The lowest BCUT2D eigenvalue weighted by molar-refractivity contribution is -0.154. The first-order valence-electron chi connectivity index (χ1n) is 6.98. The van der Waals surface area contributed by atoms with Gasteiger partial charge in [0, 0.05) is 18.1 Å². The van der Waals surface area contributed by atoms with Gasteiger partial charge in [-0.05, 0) is 29.8 Å². The summed E-state index contributed by atoms with van der Waals surface area (Å²) in [5.74, 6) is -2.78. The first-order valence-corrected chi connectivity index (χ1v) is 6.98. The van der Waals surface area contributed by atoms with Crippen LogP contribution >= 0.6 is 0 Å². The molecule has 0 saturated carbocycles. The molecule has 0 saturated heterocycles. The zero-order chi connectivity index (χ0) is 17.9. The second-order valence-electron chi connectivity index (χ2n) is 5.24. The Kier molecular flexibility index (Phi) is 5.22. The zero-order valence-corrected chi connectivity index (χ0v) is 12.4. The largest absolute Gasteiger partial charge is 0.504 e. The molecule has 8 heteroatoms. The van der Waals surface area contributed by atoms with Gasteiger partial charge in [-0.15, -0.1) is 0 Å². The van der Waals surface area contributed by atoms with E-state index in [2.05, 4.69) is 0 Å². The van der Waals surface area contributed by atoms with Gasteiger partial charge in [0.25, 0.3) is 0 Å². The van der Waals surface area contributed by atoms with Gasteiger partial charge in [0.1, 0.15) is 18.3 Å². The van der Waals surface area contributed by atoms with E-state index < -0.39 is 30.3 Å². The third-order valence-corrected chi connectivity index (χ3v) is 3.48. The Morgan fingerprint density at radius 1 is 1.17 bits per heavy atom. The molecule has 0 amide bonds. The Morgan fingerprint density at radius 3 is 2.50 bits per heavy atom. The summed E-state index contributed by atoms with van der Waals surface area (Å²) >= 11 is 0. The normalized spacial score (nSPS) is 23.8. The molecule has 0 fully saturated rings. The van der Waals surface area contributed by atoms with Gasteiger partial charge in [0.15, 0.2) is 11.5 Å². The van der Waals surface area contributed by atoms with E-state index in [1.54, 1.807) is 0 Å². The van der Waals surface area contributed by atoms with Crippen LogP contribution in [0.5, 0.6) is 11.5 Å². The van der Waals surface area contributed by atoms with Crippen LogP contribution in [0.25, 0.3) is 6.08 Å². The number of carboxylic acids is 1. The Labute approximate surface area is 136 Å². The maximum Gasteiger partial charge on any atom is 0.331 e. The van der Waals surface area contributed by atoms with Crippen molar-refractivity contribution >= 4 is 18.0 Å². The molecule has 1 aliphatic carbocycles. The van der Waals surface area contributed by atoms with Crippen LogP contribution in [0.15, 0.2) is 35.9 Å². The molecular formula is C16H16O8. The molecule has 8 nitrogen and oxygen atoms in total. The first kappa shape index (κ1) is 17.5. The topological polar surface area (TPSA) is 145 Å². The Balaban J connectivity index is 2.03. The van der Waals surface area contributed by atoms with Crippen LogP contribution in [-0.4, -0.2) is 55.8 Å². The molecule has 0 unspecified atom stereocenters. The van der Waals surface area contributed by atoms with Crippen LogP contribution in [0.4, 0.5) is 0 Å². The second kappa shape index (κ2) is 7.16. The summed E-state index contributed by atoms with van der Waals surface area (Å²) in [5, 5.41) is 46.9. The lowest BCUT2D eigenvalue weighted by Gasteiger charge is -2.29. The van der Waals surface area contributed by atoms with Gasteiger partial charge in [-0.2, -0.15) is 0 Å². The van der Waals surface area contributed by atoms with Gasteiger partial charge >= 0.3 is 11.9 Å². The SMILES string of the molecule is O=C(C=Cc1ccc(O)c(O)c1)O[C@H]1CC(C(=O)O)=C[C@@H](O)[C@@H]1O. The van der Waals surface area contributed by atoms with Gasteiger partial charge in [0.05, 0.1) is 0 Å². The summed E-state index contributed by atoms with van der Waals surface area (Å²) in [6.07, 6.45) is -0.963. The van der Waals surface area contributed by atoms with Crippen LogP contribution in [0.3, 0.4) is 0 Å². The number of esters is 1. The fraction of sp³-hybridized carbons (Fsp3) is 0.250. The predicted octanol–water partition coefficient (Wildman–Crippen LogP) is 0.159. The number of carbonyl (C=O) groups is 2. The summed E-state index contributed by atoms with van der Waals surface area (Å²) in [6, 6.07) is 3.92. The summed E-state index contributed by atoms with van der Waals surface area (Å²) in [7, 11) is 0. The number of hydrogen-bond donors (Lipinski definition) is 5. The van der Waals surface area contributed by atoms with Gasteiger partial charge in [0.2, 0.25) is 0 Å². The zero-order valence-electron chi connectivity index (χ0n) is 12.4. The molecule has 1 aliphatic rings. The Hall–Kier alpha value is -2.84. The third kappa shape index (κ3) is 4.12. The molecule has 0 bridgehead atoms. The molecule has 5 N–H and O–H groups in total. The number of aliphatic hydroxyl groups is 2. The van der Waals surface area contributed by atoms with Crippen LogP contribution < -0.4 is 0 Å². The van der Waals surface area contributed by atoms with Gasteiger partial charge in [-0.1, -0.05) is 6.07 Å². The van der Waals surface area contributed by atoms with E-state index in [-0.39, 0.29) is 23.5 Å². The number of phenolic OH excluding ortho intramolecular Hbond substituents is 2. The van der Waals surface area contributed by atoms with Crippen molar-refractivity contribution in [1.29, 1.82) is 0 Å². The minimum Gasteiger partial charge on any atom is -0.504 e. The van der Waals surface area contributed by atoms with Crippen molar-refractivity contribution in [2.45, 2.75) is 24.7 Å². The van der Waals surface area contributed by atoms with Gasteiger partial charge < -0.3 is 30.3 Å². The van der Waals surface area contributed by atoms with E-state index in [0.717, 1.165) is 12.2 Å². The number of carbonyl (C=O) groups excluding carboxylic acids is 1. The number of hydrogen-bond acceptors (Lipinski definition) is 7. The fourth-order valence-electron chi connectivity index (χ4n) is 2.20. The molecule has 3 atom stereocenters. The van der Waals surface area contributed by atoms with Crippen molar-refractivity contribution in [3.05, 3.63) is 41.5 Å². The van der Waals surface area contributed by atoms with Crippen LogP contribution in [0.2, 0.25) is 0 Å². The molecule has 2 rings (SSSR count). The van der Waals surface area contributed by atoms with Crippen molar-refractivity contribution in [2.24, 2.45) is 0 Å². The second-order valence-corrected chi connectivity index (χ2v) is 5.24. The number of phenols is 2. The average Bonchev–Trinajstić information content (AvgIpc) is 2.52. The van der Waals surface area contributed by atoms with E-state index in [9.17, 15) is 30.0 Å². The highest BCUT2D eigenvalue weighted by molar-refractivity contribution is 5.88. The minimum atomic E-state index is -1.44. The summed E-state index contributed by atoms with van der Waals surface area (Å²) in [6.45, 7) is 0. The number of aliphatic hydroxyl groups excluding tert-OH is 2. The summed E-state index contributed by atoms with van der Waals surface area (Å²) in [5.41, 5.74) is 0.260. The number of rotatable bonds is 4. The first-order chi connectivity index (χ1) is 11.3. The van der Waals surface area contributed by atoms with Crippen molar-refractivity contribution < 1.29 is 39.9 Å². The highest BCUT2D eigenvalue weighted by Gasteiger charge is 2.35. The fourth-order valence-corrected chi connectivity index (χ4v) is 2.20. The van der Waals surface area contributed by atoms with Crippen molar-refractivity contribution in [2.75, 3.05) is 0 Å². The molecular weight excluding hydrogens is 320 g/mol. The monoisotopic (exact) mass is 336 g/mol. The summed E-state index contributed by atoms with van der Waals surface area (Å²) in [4.78, 5) is 22.7. The molecule has 1 aromatic carbocycles. The number of aromatic hydroxyl groups is 2. The van der Waals surface area contributed by atoms with Gasteiger partial charge in [-0.25, -0.2) is 9.59 Å². The van der Waals surface area contributed by atoms with Crippen LogP contribution in [0.1, 0.15) is 12.0 Å².